The molecule has 0 atom stereocenters. The normalized spacial score (nSPS) is 10.9. The van der Waals surface area contributed by atoms with Gasteiger partial charge < -0.3 is 9.84 Å². The first-order chi connectivity index (χ1) is 9.61. The zero-order valence-electron chi connectivity index (χ0n) is 10.8. The fraction of sp³-hybridized carbons (Fsp3) is 0.133. The van der Waals surface area contributed by atoms with E-state index in [1.165, 1.54) is 12.3 Å². The summed E-state index contributed by atoms with van der Waals surface area (Å²) in [6.07, 6.45) is 1.41. The van der Waals surface area contributed by atoms with Crippen LogP contribution in [0.4, 0.5) is 10.1 Å². The van der Waals surface area contributed by atoms with E-state index < -0.39 is 5.82 Å². The maximum atomic E-state index is 13.6. The first-order valence-corrected chi connectivity index (χ1v) is 6.85. The minimum atomic E-state index is -0.434. The van der Waals surface area contributed by atoms with Crippen LogP contribution in [0, 0.1) is 5.82 Å². The number of hydrogen-bond donors (Lipinski definition) is 1. The number of hydrogen-bond acceptors (Lipinski definition) is 3. The number of rotatable bonds is 4. The molecule has 0 unspecified atom stereocenters. The molecule has 0 heterocycles. The smallest absolute Gasteiger partial charge is 0.166 e. The van der Waals surface area contributed by atoms with Gasteiger partial charge in [-0.25, -0.2) is 4.39 Å². The Balaban J connectivity index is 2.29. The number of halogens is 2. The van der Waals surface area contributed by atoms with Gasteiger partial charge in [-0.05, 0) is 37.3 Å². The molecule has 0 aliphatic carbocycles. The fourth-order valence-corrected chi connectivity index (χ4v) is 1.97. The third-order valence-electron chi connectivity index (χ3n) is 2.58. The zero-order valence-corrected chi connectivity index (χ0v) is 12.4. The maximum Gasteiger partial charge on any atom is 0.166 e. The maximum absolute atomic E-state index is 13.6. The van der Waals surface area contributed by atoms with Gasteiger partial charge in [0, 0.05) is 16.3 Å². The molecule has 5 heteroatoms. The molecule has 1 N–H and O–H groups in total. The van der Waals surface area contributed by atoms with Crippen LogP contribution in [0.5, 0.6) is 11.5 Å². The van der Waals surface area contributed by atoms with Gasteiger partial charge >= 0.3 is 0 Å². The number of nitrogens with zero attached hydrogens (tertiary/aromatic N) is 1. The molecule has 0 aromatic heterocycles. The lowest BCUT2D eigenvalue weighted by molar-refractivity contribution is 0.318. The monoisotopic (exact) mass is 337 g/mol. The highest BCUT2D eigenvalue weighted by Gasteiger charge is 2.06. The summed E-state index contributed by atoms with van der Waals surface area (Å²) in [4.78, 5) is 4.04. The van der Waals surface area contributed by atoms with Crippen molar-refractivity contribution < 1.29 is 14.2 Å². The Labute approximate surface area is 124 Å². The van der Waals surface area contributed by atoms with Crippen LogP contribution in [0.1, 0.15) is 12.5 Å². The van der Waals surface area contributed by atoms with Gasteiger partial charge in [0.1, 0.15) is 5.82 Å². The van der Waals surface area contributed by atoms with Crippen LogP contribution < -0.4 is 4.74 Å². The Bertz CT molecular complexity index is 644. The van der Waals surface area contributed by atoms with E-state index in [1.54, 1.807) is 30.3 Å². The first-order valence-electron chi connectivity index (χ1n) is 6.05. The van der Waals surface area contributed by atoms with Gasteiger partial charge in [-0.15, -0.1) is 0 Å². The summed E-state index contributed by atoms with van der Waals surface area (Å²) in [5, 5.41) is 9.99. The Morgan fingerprint density at radius 2 is 2.15 bits per heavy atom. The summed E-state index contributed by atoms with van der Waals surface area (Å²) < 4.78 is 19.5. The average Bonchev–Trinajstić information content (AvgIpc) is 2.42. The molecule has 0 aliphatic heterocycles. The van der Waals surface area contributed by atoms with Crippen molar-refractivity contribution in [2.75, 3.05) is 6.61 Å². The van der Waals surface area contributed by atoms with E-state index in [4.69, 9.17) is 4.74 Å². The van der Waals surface area contributed by atoms with E-state index in [-0.39, 0.29) is 11.4 Å². The summed E-state index contributed by atoms with van der Waals surface area (Å²) in [5.41, 5.74) is 0.674. The van der Waals surface area contributed by atoms with Crippen molar-refractivity contribution in [1.29, 1.82) is 0 Å². The van der Waals surface area contributed by atoms with Gasteiger partial charge in [-0.3, -0.25) is 4.99 Å². The van der Waals surface area contributed by atoms with Crippen molar-refractivity contribution in [3.05, 3.63) is 52.3 Å². The molecular formula is C15H13BrFNO2. The number of aliphatic imine (C=N–C) groups is 1. The van der Waals surface area contributed by atoms with E-state index in [0.29, 0.717) is 22.4 Å². The van der Waals surface area contributed by atoms with Crippen molar-refractivity contribution in [2.45, 2.75) is 6.92 Å². The fourth-order valence-electron chi connectivity index (χ4n) is 1.64. The number of phenolic OH excluding ortho intramolecular Hbond substituents is 1. The van der Waals surface area contributed by atoms with Gasteiger partial charge in [0.05, 0.1) is 12.3 Å². The Morgan fingerprint density at radius 1 is 1.35 bits per heavy atom. The number of aromatic hydroxyl groups is 1. The lowest BCUT2D eigenvalue weighted by Crippen LogP contribution is -1.93. The molecule has 104 valence electrons. The summed E-state index contributed by atoms with van der Waals surface area (Å²) >= 11 is 3.18. The van der Waals surface area contributed by atoms with Crippen LogP contribution in [0.2, 0.25) is 0 Å². The summed E-state index contributed by atoms with van der Waals surface area (Å²) in [5.74, 6) is -0.0561. The van der Waals surface area contributed by atoms with E-state index in [2.05, 4.69) is 20.9 Å². The molecule has 3 nitrogen and oxygen atoms in total. The largest absolute Gasteiger partial charge is 0.504 e. The molecule has 0 aliphatic rings. The van der Waals surface area contributed by atoms with Crippen LogP contribution >= 0.6 is 15.9 Å². The van der Waals surface area contributed by atoms with Crippen LogP contribution in [-0.4, -0.2) is 17.9 Å². The highest BCUT2D eigenvalue weighted by atomic mass is 79.9. The molecule has 20 heavy (non-hydrogen) atoms. The Hall–Kier alpha value is -1.88. The van der Waals surface area contributed by atoms with Crippen LogP contribution in [0.25, 0.3) is 0 Å². The topological polar surface area (TPSA) is 41.8 Å². The van der Waals surface area contributed by atoms with Crippen molar-refractivity contribution >= 4 is 27.8 Å². The molecule has 0 radical (unpaired) electrons. The van der Waals surface area contributed by atoms with Gasteiger partial charge in [0.25, 0.3) is 0 Å². The Morgan fingerprint density at radius 3 is 2.85 bits per heavy atom. The minimum Gasteiger partial charge on any atom is -0.504 e. The minimum absolute atomic E-state index is 0.00406. The average molecular weight is 338 g/mol. The molecule has 0 fully saturated rings. The zero-order chi connectivity index (χ0) is 14.5. The molecule has 0 saturated heterocycles. The molecule has 2 rings (SSSR count). The van der Waals surface area contributed by atoms with Gasteiger partial charge in [0.2, 0.25) is 0 Å². The lowest BCUT2D eigenvalue weighted by Gasteiger charge is -2.07. The standard InChI is InChI=1S/C15H13BrFNO2/c1-2-20-14-5-3-4-10(15(14)19)9-18-13-7-6-11(16)8-12(13)17/h3-9,19H,2H2,1H3. The van der Waals surface area contributed by atoms with E-state index in [0.717, 1.165) is 0 Å². The van der Waals surface area contributed by atoms with Gasteiger partial charge in [-0.1, -0.05) is 22.0 Å². The molecule has 0 bridgehead atoms. The highest BCUT2D eigenvalue weighted by molar-refractivity contribution is 9.10. The summed E-state index contributed by atoms with van der Waals surface area (Å²) in [7, 11) is 0. The van der Waals surface area contributed by atoms with Crippen molar-refractivity contribution in [3.8, 4) is 11.5 Å². The number of ether oxygens (including phenoxy) is 1. The second-order valence-electron chi connectivity index (χ2n) is 3.98. The predicted molar refractivity (Wildman–Crippen MR) is 80.6 cm³/mol. The second kappa shape index (κ2) is 6.52. The summed E-state index contributed by atoms with van der Waals surface area (Å²) in [6.45, 7) is 2.28. The van der Waals surface area contributed by atoms with Crippen LogP contribution in [0.3, 0.4) is 0 Å². The van der Waals surface area contributed by atoms with Gasteiger partial charge in [-0.2, -0.15) is 0 Å². The molecule has 0 amide bonds. The third-order valence-corrected chi connectivity index (χ3v) is 3.08. The number of phenols is 1. The predicted octanol–water partition coefficient (Wildman–Crippen LogP) is 4.44. The van der Waals surface area contributed by atoms with Gasteiger partial charge in [0.15, 0.2) is 11.5 Å². The molecule has 0 spiro atoms. The van der Waals surface area contributed by atoms with Crippen molar-refractivity contribution in [3.63, 3.8) is 0 Å². The molecule has 2 aromatic carbocycles. The highest BCUT2D eigenvalue weighted by Crippen LogP contribution is 2.29. The van der Waals surface area contributed by atoms with Crippen molar-refractivity contribution in [1.82, 2.24) is 0 Å². The number of para-hydroxylation sites is 1. The SMILES string of the molecule is CCOc1cccc(C=Nc2ccc(Br)cc2F)c1O. The first kappa shape index (κ1) is 14.5. The molecular weight excluding hydrogens is 325 g/mol. The van der Waals surface area contributed by atoms with E-state index in [9.17, 15) is 9.50 Å². The van der Waals surface area contributed by atoms with Crippen LogP contribution in [-0.2, 0) is 0 Å². The quantitative estimate of drug-likeness (QED) is 0.838. The molecule has 0 saturated carbocycles. The van der Waals surface area contributed by atoms with Crippen LogP contribution in [0.15, 0.2) is 45.9 Å². The van der Waals surface area contributed by atoms with Crippen molar-refractivity contribution in [2.24, 2.45) is 4.99 Å². The Kier molecular flexibility index (Phi) is 4.74. The third kappa shape index (κ3) is 3.36. The van der Waals surface area contributed by atoms with E-state index in [1.807, 2.05) is 6.92 Å². The number of benzene rings is 2. The summed E-state index contributed by atoms with van der Waals surface area (Å²) in [6, 6.07) is 9.67. The molecule has 2 aromatic rings. The second-order valence-corrected chi connectivity index (χ2v) is 4.90. The lowest BCUT2D eigenvalue weighted by atomic mass is 10.2. The van der Waals surface area contributed by atoms with E-state index >= 15 is 0 Å².